The van der Waals surface area contributed by atoms with E-state index in [9.17, 15) is 9.59 Å². The third-order valence-corrected chi connectivity index (χ3v) is 2.59. The second kappa shape index (κ2) is 9.17. The molecule has 0 atom stereocenters. The molecule has 13 nitrogen and oxygen atoms in total. The molecular weight excluding hydrogens is 340 g/mol. The van der Waals surface area contributed by atoms with Crippen LogP contribution in [-0.2, 0) is 27.4 Å². The number of nitrogens with zero attached hydrogens (tertiary/aromatic N) is 6. The highest BCUT2D eigenvalue weighted by atomic mass is 16.5. The van der Waals surface area contributed by atoms with E-state index in [2.05, 4.69) is 20.6 Å². The Morgan fingerprint density at radius 1 is 0.840 bits per heavy atom. The minimum absolute atomic E-state index is 0.205. The van der Waals surface area contributed by atoms with Crippen molar-refractivity contribution in [2.24, 2.45) is 0 Å². The fraction of sp³-hybridized carbons (Fsp3) is 0.500. The molecule has 2 aromatic rings. The summed E-state index contributed by atoms with van der Waals surface area (Å²) < 4.78 is 18.0. The Bertz CT molecular complexity index is 641. The van der Waals surface area contributed by atoms with E-state index in [-0.39, 0.29) is 51.3 Å². The van der Waals surface area contributed by atoms with E-state index in [1.807, 2.05) is 0 Å². The fourth-order valence-electron chi connectivity index (χ4n) is 1.64. The lowest BCUT2D eigenvalue weighted by atomic mass is 10.6. The molecule has 0 aliphatic carbocycles. The molecule has 0 radical (unpaired) electrons. The Hall–Kier alpha value is -3.22. The van der Waals surface area contributed by atoms with Crippen LogP contribution in [0.15, 0.2) is 12.4 Å². The smallest absolute Gasteiger partial charge is 0.325 e. The molecule has 0 aliphatic heterocycles. The molecule has 25 heavy (non-hydrogen) atoms. The van der Waals surface area contributed by atoms with Crippen molar-refractivity contribution in [2.45, 2.75) is 13.1 Å². The van der Waals surface area contributed by atoms with Gasteiger partial charge in [0.05, 0.1) is 25.6 Å². The zero-order chi connectivity index (χ0) is 18.1. The lowest BCUT2D eigenvalue weighted by Crippen LogP contribution is -2.12. The number of aromatic nitrogens is 6. The van der Waals surface area contributed by atoms with Crippen molar-refractivity contribution >= 4 is 11.9 Å². The quantitative estimate of drug-likeness (QED) is 0.426. The Labute approximate surface area is 140 Å². The molecule has 0 fully saturated rings. The van der Waals surface area contributed by atoms with E-state index in [0.717, 1.165) is 9.36 Å². The van der Waals surface area contributed by atoms with Gasteiger partial charge >= 0.3 is 11.9 Å². The number of hydrogen-bond acceptors (Lipinski definition) is 9. The van der Waals surface area contributed by atoms with Crippen LogP contribution in [0, 0.1) is 0 Å². The number of carboxylic acids is 2. The summed E-state index contributed by atoms with van der Waals surface area (Å²) in [5, 5.41) is 31.7. The predicted octanol–water partition coefficient (Wildman–Crippen LogP) is -1.49. The Morgan fingerprint density at radius 2 is 1.28 bits per heavy atom. The summed E-state index contributed by atoms with van der Waals surface area (Å²) in [6, 6.07) is 0. The Morgan fingerprint density at radius 3 is 1.68 bits per heavy atom. The van der Waals surface area contributed by atoms with Gasteiger partial charge in [0, 0.05) is 0 Å². The number of aliphatic carboxylic acids is 2. The van der Waals surface area contributed by atoms with Crippen molar-refractivity contribution in [1.82, 2.24) is 30.0 Å². The van der Waals surface area contributed by atoms with Crippen LogP contribution in [0.1, 0.15) is 0 Å². The molecule has 2 rings (SSSR count). The fourth-order valence-corrected chi connectivity index (χ4v) is 1.64. The average Bonchev–Trinajstić information content (AvgIpc) is 3.15. The molecule has 2 N–H and O–H groups in total. The van der Waals surface area contributed by atoms with Crippen molar-refractivity contribution in [3.8, 4) is 11.8 Å². The van der Waals surface area contributed by atoms with Crippen molar-refractivity contribution in [3.05, 3.63) is 12.4 Å². The maximum atomic E-state index is 10.5. The highest BCUT2D eigenvalue weighted by Gasteiger charge is 2.06. The van der Waals surface area contributed by atoms with Crippen LogP contribution >= 0.6 is 0 Å². The van der Waals surface area contributed by atoms with Gasteiger partial charge < -0.3 is 24.4 Å². The summed E-state index contributed by atoms with van der Waals surface area (Å²) in [4.78, 5) is 21.0. The Balaban J connectivity index is 1.53. The molecular formula is C12H16N6O7. The normalized spacial score (nSPS) is 10.6. The Kier molecular flexibility index (Phi) is 6.65. The molecule has 136 valence electrons. The van der Waals surface area contributed by atoms with Gasteiger partial charge in [0.15, 0.2) is 0 Å². The second-order valence-electron chi connectivity index (χ2n) is 4.61. The molecule has 0 aromatic carbocycles. The topological polar surface area (TPSA) is 164 Å². The van der Waals surface area contributed by atoms with Crippen molar-refractivity contribution in [3.63, 3.8) is 0 Å². The number of carbonyl (C=O) groups is 2. The monoisotopic (exact) mass is 356 g/mol. The SMILES string of the molecule is O=C(O)Cn1cc(OCCOCCOc2cn(CC(=O)O)nn2)nn1. The predicted molar refractivity (Wildman–Crippen MR) is 77.1 cm³/mol. The van der Waals surface area contributed by atoms with E-state index >= 15 is 0 Å². The van der Waals surface area contributed by atoms with Crippen LogP contribution in [0.25, 0.3) is 0 Å². The lowest BCUT2D eigenvalue weighted by molar-refractivity contribution is -0.139. The molecule has 0 saturated carbocycles. The summed E-state index contributed by atoms with van der Waals surface area (Å²) in [5.41, 5.74) is 0. The first-order valence-electron chi connectivity index (χ1n) is 7.10. The molecule has 0 aliphatic rings. The van der Waals surface area contributed by atoms with Crippen LogP contribution in [0.5, 0.6) is 11.8 Å². The zero-order valence-electron chi connectivity index (χ0n) is 13.0. The van der Waals surface area contributed by atoms with Gasteiger partial charge in [-0.15, -0.1) is 0 Å². The van der Waals surface area contributed by atoms with Gasteiger partial charge in [0.2, 0.25) is 0 Å². The number of hydrogen-bond donors (Lipinski definition) is 2. The van der Waals surface area contributed by atoms with Gasteiger partial charge in [-0.25, -0.2) is 9.36 Å². The van der Waals surface area contributed by atoms with Crippen LogP contribution in [-0.4, -0.2) is 78.6 Å². The highest BCUT2D eigenvalue weighted by molar-refractivity contribution is 5.66. The van der Waals surface area contributed by atoms with E-state index in [4.69, 9.17) is 24.4 Å². The third kappa shape index (κ3) is 6.82. The van der Waals surface area contributed by atoms with Gasteiger partial charge in [-0.3, -0.25) is 9.59 Å². The largest absolute Gasteiger partial charge is 0.480 e. The van der Waals surface area contributed by atoms with Crippen molar-refractivity contribution in [1.29, 1.82) is 0 Å². The van der Waals surface area contributed by atoms with E-state index in [1.54, 1.807) is 0 Å². The zero-order valence-corrected chi connectivity index (χ0v) is 13.0. The summed E-state index contributed by atoms with van der Waals surface area (Å²) in [6.45, 7) is 0.366. The molecule has 2 heterocycles. The molecule has 13 heteroatoms. The van der Waals surface area contributed by atoms with Crippen LogP contribution < -0.4 is 9.47 Å². The molecule has 2 aromatic heterocycles. The van der Waals surface area contributed by atoms with Crippen molar-refractivity contribution in [2.75, 3.05) is 26.4 Å². The molecule has 0 bridgehead atoms. The van der Waals surface area contributed by atoms with E-state index in [1.165, 1.54) is 12.4 Å². The van der Waals surface area contributed by atoms with Gasteiger partial charge in [-0.1, -0.05) is 20.6 Å². The summed E-state index contributed by atoms with van der Waals surface area (Å²) in [5.74, 6) is -1.64. The maximum Gasteiger partial charge on any atom is 0.325 e. The van der Waals surface area contributed by atoms with E-state index in [0.29, 0.717) is 0 Å². The van der Waals surface area contributed by atoms with Crippen LogP contribution in [0.2, 0.25) is 0 Å². The van der Waals surface area contributed by atoms with Crippen LogP contribution in [0.3, 0.4) is 0 Å². The second-order valence-corrected chi connectivity index (χ2v) is 4.61. The number of rotatable bonds is 12. The molecule has 0 unspecified atom stereocenters. The first-order valence-corrected chi connectivity index (χ1v) is 7.10. The minimum Gasteiger partial charge on any atom is -0.480 e. The lowest BCUT2D eigenvalue weighted by Gasteiger charge is -2.05. The minimum atomic E-state index is -1.03. The summed E-state index contributed by atoms with van der Waals surface area (Å²) >= 11 is 0. The number of carboxylic acid groups (broad SMARTS) is 2. The molecule has 0 spiro atoms. The van der Waals surface area contributed by atoms with E-state index < -0.39 is 11.9 Å². The molecule has 0 amide bonds. The van der Waals surface area contributed by atoms with Gasteiger partial charge in [-0.2, -0.15) is 0 Å². The van der Waals surface area contributed by atoms with Gasteiger partial charge in [0.1, 0.15) is 26.3 Å². The van der Waals surface area contributed by atoms with Crippen LogP contribution in [0.4, 0.5) is 0 Å². The first kappa shape index (κ1) is 18.1. The number of ether oxygens (including phenoxy) is 3. The van der Waals surface area contributed by atoms with Gasteiger partial charge in [-0.05, 0) is 0 Å². The summed E-state index contributed by atoms with van der Waals surface area (Å²) in [7, 11) is 0. The maximum absolute atomic E-state index is 10.5. The standard InChI is InChI=1S/C12H16N6O7/c19-11(20)7-17-5-9(13-15-17)24-3-1-23-2-4-25-10-6-18(16-14-10)8-12(21)22/h5-6H,1-4,7-8H2,(H,19,20)(H,21,22). The highest BCUT2D eigenvalue weighted by Crippen LogP contribution is 2.04. The molecule has 0 saturated heterocycles. The third-order valence-electron chi connectivity index (χ3n) is 2.59. The summed E-state index contributed by atoms with van der Waals surface area (Å²) in [6.07, 6.45) is 2.75. The average molecular weight is 356 g/mol. The van der Waals surface area contributed by atoms with Gasteiger partial charge in [0.25, 0.3) is 11.8 Å². The van der Waals surface area contributed by atoms with Crippen molar-refractivity contribution < 1.29 is 34.0 Å². The first-order chi connectivity index (χ1) is 12.0.